The Labute approximate surface area is 138 Å². The van der Waals surface area contributed by atoms with Crippen LogP contribution in [0.1, 0.15) is 27.9 Å². The average molecular weight is 330 g/mol. The zero-order valence-electron chi connectivity index (χ0n) is 13.3. The van der Waals surface area contributed by atoms with Crippen molar-refractivity contribution in [1.82, 2.24) is 10.3 Å². The van der Waals surface area contributed by atoms with Crippen LogP contribution in [-0.4, -0.2) is 24.0 Å². The minimum absolute atomic E-state index is 0.00472. The predicted octanol–water partition coefficient (Wildman–Crippen LogP) is 3.57. The summed E-state index contributed by atoms with van der Waals surface area (Å²) in [6.45, 7) is 3.86. The Kier molecular flexibility index (Phi) is 4.34. The van der Waals surface area contributed by atoms with Crippen molar-refractivity contribution in [3.8, 4) is 5.75 Å². The van der Waals surface area contributed by atoms with Crippen molar-refractivity contribution in [3.63, 3.8) is 0 Å². The van der Waals surface area contributed by atoms with Gasteiger partial charge in [-0.2, -0.15) is 0 Å². The van der Waals surface area contributed by atoms with Gasteiger partial charge in [0, 0.05) is 40.6 Å². The van der Waals surface area contributed by atoms with E-state index in [4.69, 9.17) is 9.15 Å². The molecule has 0 spiro atoms. The van der Waals surface area contributed by atoms with E-state index < -0.39 is 0 Å². The molecule has 0 aliphatic rings. The smallest absolute Gasteiger partial charge is 0.287 e. The lowest BCUT2D eigenvalue weighted by molar-refractivity contribution is 0.0913. The van der Waals surface area contributed by atoms with Gasteiger partial charge in [-0.3, -0.25) is 9.78 Å². The summed E-state index contributed by atoms with van der Waals surface area (Å²) >= 11 is 1.59. The van der Waals surface area contributed by atoms with E-state index in [1.54, 1.807) is 30.0 Å². The van der Waals surface area contributed by atoms with E-state index in [0.29, 0.717) is 17.1 Å². The number of aryl methyl sites for hydroxylation is 1. The predicted molar refractivity (Wildman–Crippen MR) is 90.2 cm³/mol. The van der Waals surface area contributed by atoms with Crippen molar-refractivity contribution in [2.75, 3.05) is 7.11 Å². The van der Waals surface area contributed by atoms with Gasteiger partial charge in [0.2, 0.25) is 0 Å². The van der Waals surface area contributed by atoms with E-state index in [-0.39, 0.29) is 11.9 Å². The fourth-order valence-corrected chi connectivity index (χ4v) is 3.26. The highest BCUT2D eigenvalue weighted by atomic mass is 32.1. The summed E-state index contributed by atoms with van der Waals surface area (Å²) in [4.78, 5) is 17.7. The lowest BCUT2D eigenvalue weighted by atomic mass is 10.1. The Bertz CT molecular complexity index is 824. The highest BCUT2D eigenvalue weighted by Crippen LogP contribution is 2.28. The molecule has 0 saturated carbocycles. The molecule has 1 unspecified atom stereocenters. The Morgan fingerprint density at radius 1 is 1.48 bits per heavy atom. The number of amides is 1. The monoisotopic (exact) mass is 330 g/mol. The van der Waals surface area contributed by atoms with Crippen molar-refractivity contribution < 1.29 is 13.9 Å². The molecular weight excluding hydrogens is 312 g/mol. The molecule has 2 aromatic heterocycles. The molecule has 23 heavy (non-hydrogen) atoms. The van der Waals surface area contributed by atoms with Crippen molar-refractivity contribution in [2.24, 2.45) is 0 Å². The van der Waals surface area contributed by atoms with Crippen molar-refractivity contribution in [1.29, 1.82) is 0 Å². The second kappa shape index (κ2) is 6.42. The SMILES string of the molecule is COc1ccc2c(C)c(C(=O)NC(C)Cc3cncs3)oc2c1. The third-order valence-corrected chi connectivity index (χ3v) is 4.52. The van der Waals surface area contributed by atoms with Gasteiger partial charge in [-0.05, 0) is 26.0 Å². The maximum absolute atomic E-state index is 12.5. The van der Waals surface area contributed by atoms with Crippen LogP contribution in [0.25, 0.3) is 11.0 Å². The molecule has 5 nitrogen and oxygen atoms in total. The number of rotatable bonds is 5. The van der Waals surface area contributed by atoms with Crippen LogP contribution in [0.5, 0.6) is 5.75 Å². The number of carbonyl (C=O) groups excluding carboxylic acids is 1. The van der Waals surface area contributed by atoms with Crippen LogP contribution < -0.4 is 10.1 Å². The quantitative estimate of drug-likeness (QED) is 0.777. The maximum Gasteiger partial charge on any atom is 0.287 e. The third-order valence-electron chi connectivity index (χ3n) is 3.72. The first-order valence-electron chi connectivity index (χ1n) is 7.34. The standard InChI is InChI=1S/C17H18N2O3S/c1-10(6-13-8-18-9-23-13)19-17(20)16-11(2)14-5-4-12(21-3)7-15(14)22-16/h4-5,7-10H,6H2,1-3H3,(H,19,20). The summed E-state index contributed by atoms with van der Waals surface area (Å²) in [7, 11) is 1.60. The lowest BCUT2D eigenvalue weighted by Crippen LogP contribution is -2.34. The second-order valence-corrected chi connectivity index (χ2v) is 6.44. The summed E-state index contributed by atoms with van der Waals surface area (Å²) in [6.07, 6.45) is 2.58. The number of nitrogens with zero attached hydrogens (tertiary/aromatic N) is 1. The van der Waals surface area contributed by atoms with Crippen LogP contribution in [0.3, 0.4) is 0 Å². The first-order chi connectivity index (χ1) is 11.1. The minimum atomic E-state index is -0.199. The van der Waals surface area contributed by atoms with Gasteiger partial charge in [-0.25, -0.2) is 0 Å². The fourth-order valence-electron chi connectivity index (χ4n) is 2.53. The van der Waals surface area contributed by atoms with Crippen LogP contribution in [0.15, 0.2) is 34.3 Å². The highest BCUT2D eigenvalue weighted by molar-refractivity contribution is 7.09. The Morgan fingerprint density at radius 3 is 3.00 bits per heavy atom. The molecule has 0 saturated heterocycles. The topological polar surface area (TPSA) is 64.4 Å². The van der Waals surface area contributed by atoms with E-state index >= 15 is 0 Å². The summed E-state index contributed by atoms with van der Waals surface area (Å²) in [5.41, 5.74) is 3.29. The van der Waals surface area contributed by atoms with Gasteiger partial charge in [-0.1, -0.05) is 0 Å². The number of nitrogens with one attached hydrogen (secondary N) is 1. The van der Waals surface area contributed by atoms with E-state index in [2.05, 4.69) is 10.3 Å². The van der Waals surface area contributed by atoms with Crippen LogP contribution >= 0.6 is 11.3 Å². The molecule has 0 aliphatic heterocycles. The maximum atomic E-state index is 12.5. The molecule has 1 amide bonds. The van der Waals surface area contributed by atoms with E-state index in [1.807, 2.05) is 32.2 Å². The lowest BCUT2D eigenvalue weighted by Gasteiger charge is -2.11. The number of thiazole rings is 1. The molecule has 120 valence electrons. The van der Waals surface area contributed by atoms with Gasteiger partial charge in [0.25, 0.3) is 5.91 Å². The number of hydrogen-bond donors (Lipinski definition) is 1. The van der Waals surface area contributed by atoms with Crippen LogP contribution in [-0.2, 0) is 6.42 Å². The largest absolute Gasteiger partial charge is 0.497 e. The molecule has 3 rings (SSSR count). The second-order valence-electron chi connectivity index (χ2n) is 5.46. The summed E-state index contributed by atoms with van der Waals surface area (Å²) in [5.74, 6) is 0.857. The van der Waals surface area contributed by atoms with Crippen LogP contribution in [0.4, 0.5) is 0 Å². The van der Waals surface area contributed by atoms with Gasteiger partial charge in [-0.15, -0.1) is 11.3 Å². The summed E-state index contributed by atoms with van der Waals surface area (Å²) < 4.78 is 10.9. The molecule has 1 N–H and O–H groups in total. The van der Waals surface area contributed by atoms with Gasteiger partial charge >= 0.3 is 0 Å². The molecule has 0 bridgehead atoms. The molecule has 2 heterocycles. The highest BCUT2D eigenvalue weighted by Gasteiger charge is 2.19. The molecule has 1 aromatic carbocycles. The molecule has 3 aromatic rings. The van der Waals surface area contributed by atoms with E-state index in [9.17, 15) is 4.79 Å². The fraction of sp³-hybridized carbons (Fsp3) is 0.294. The molecule has 0 fully saturated rings. The zero-order valence-corrected chi connectivity index (χ0v) is 14.1. The molecule has 6 heteroatoms. The van der Waals surface area contributed by atoms with Gasteiger partial charge in [0.05, 0.1) is 12.6 Å². The van der Waals surface area contributed by atoms with Crippen molar-refractivity contribution >= 4 is 28.2 Å². The number of ether oxygens (including phenoxy) is 1. The first kappa shape index (κ1) is 15.6. The number of methoxy groups -OCH3 is 1. The number of furan rings is 1. The normalized spacial score (nSPS) is 12.3. The van der Waals surface area contributed by atoms with Gasteiger partial charge < -0.3 is 14.5 Å². The number of aromatic nitrogens is 1. The van der Waals surface area contributed by atoms with E-state index in [1.165, 1.54) is 0 Å². The number of benzene rings is 1. The molecule has 0 aliphatic carbocycles. The Hall–Kier alpha value is -2.34. The van der Waals surface area contributed by atoms with Crippen molar-refractivity contribution in [2.45, 2.75) is 26.3 Å². The Balaban J connectivity index is 1.79. The third kappa shape index (κ3) is 3.22. The summed E-state index contributed by atoms with van der Waals surface area (Å²) in [5, 5.41) is 3.90. The van der Waals surface area contributed by atoms with Crippen LogP contribution in [0.2, 0.25) is 0 Å². The van der Waals surface area contributed by atoms with Crippen LogP contribution in [0, 0.1) is 6.92 Å². The van der Waals surface area contributed by atoms with Crippen molar-refractivity contribution in [3.05, 3.63) is 46.1 Å². The number of carbonyl (C=O) groups is 1. The molecule has 0 radical (unpaired) electrons. The van der Waals surface area contributed by atoms with Gasteiger partial charge in [0.1, 0.15) is 11.3 Å². The molecule has 1 atom stereocenters. The number of fused-ring (bicyclic) bond motifs is 1. The minimum Gasteiger partial charge on any atom is -0.497 e. The Morgan fingerprint density at radius 2 is 2.30 bits per heavy atom. The first-order valence-corrected chi connectivity index (χ1v) is 8.22. The molecular formula is C17H18N2O3S. The van der Waals surface area contributed by atoms with E-state index in [0.717, 1.165) is 22.2 Å². The zero-order chi connectivity index (χ0) is 16.4. The van der Waals surface area contributed by atoms with Gasteiger partial charge in [0.15, 0.2) is 5.76 Å². The number of hydrogen-bond acceptors (Lipinski definition) is 5. The average Bonchev–Trinajstić information content (AvgIpc) is 3.15. The summed E-state index contributed by atoms with van der Waals surface area (Å²) in [6, 6.07) is 5.56.